The second-order valence-electron chi connectivity index (χ2n) is 3.15. The monoisotopic (exact) mass is 155 g/mol. The van der Waals surface area contributed by atoms with Gasteiger partial charge in [-0.3, -0.25) is 10.5 Å². The van der Waals surface area contributed by atoms with Crippen molar-refractivity contribution in [1.82, 2.24) is 11.1 Å². The largest absolute Gasteiger partial charge is 0.316 e. The number of hydrogen-bond donors (Lipinski definition) is 1. The van der Waals surface area contributed by atoms with Gasteiger partial charge in [-0.15, -0.1) is 0 Å². The average molecular weight is 155 g/mol. The molecule has 0 spiro atoms. The Labute approximate surface area is 67.3 Å². The van der Waals surface area contributed by atoms with E-state index in [1.165, 1.54) is 6.42 Å². The fourth-order valence-electron chi connectivity index (χ4n) is 1.79. The Morgan fingerprint density at radius 2 is 2.09 bits per heavy atom. The van der Waals surface area contributed by atoms with Gasteiger partial charge in [0.1, 0.15) is 0 Å². The molecule has 0 aromatic rings. The van der Waals surface area contributed by atoms with E-state index in [9.17, 15) is 4.79 Å². The normalized spacial score (nSPS) is 31.7. The fraction of sp³-hybridized carbons (Fsp3) is 0.875. The number of carbonyl (C=O) groups is 1. The Kier molecular flexibility index (Phi) is 2.88. The van der Waals surface area contributed by atoms with Crippen LogP contribution in [0, 0.1) is 5.92 Å². The first-order valence-electron chi connectivity index (χ1n) is 4.18. The third-order valence-corrected chi connectivity index (χ3v) is 2.47. The third kappa shape index (κ3) is 1.93. The molecule has 11 heavy (non-hydrogen) atoms. The molecule has 1 amide bonds. The number of rotatable bonds is 2. The molecule has 0 heterocycles. The van der Waals surface area contributed by atoms with E-state index in [2.05, 4.69) is 5.32 Å². The summed E-state index contributed by atoms with van der Waals surface area (Å²) in [7, 11) is 1.87. The van der Waals surface area contributed by atoms with Crippen molar-refractivity contribution in [1.29, 1.82) is 0 Å². The first kappa shape index (κ1) is 8.53. The van der Waals surface area contributed by atoms with Crippen LogP contribution in [0.25, 0.3) is 0 Å². The van der Waals surface area contributed by atoms with Crippen molar-refractivity contribution >= 4 is 5.91 Å². The van der Waals surface area contributed by atoms with E-state index in [-0.39, 0.29) is 12.0 Å². The molecule has 1 fully saturated rings. The van der Waals surface area contributed by atoms with Gasteiger partial charge in [0.05, 0.1) is 5.92 Å². The summed E-state index contributed by atoms with van der Waals surface area (Å²) in [5, 5.41) is 3.09. The van der Waals surface area contributed by atoms with Gasteiger partial charge in [0.2, 0.25) is 5.91 Å². The molecule has 2 atom stereocenters. The molecule has 63 valence electrons. The van der Waals surface area contributed by atoms with Gasteiger partial charge in [0, 0.05) is 6.04 Å². The lowest BCUT2D eigenvalue weighted by Gasteiger charge is -2.28. The second kappa shape index (κ2) is 3.72. The van der Waals surface area contributed by atoms with Crippen molar-refractivity contribution in [2.75, 3.05) is 7.05 Å². The zero-order chi connectivity index (χ0) is 8.27. The lowest BCUT2D eigenvalue weighted by Crippen LogP contribution is -2.40. The van der Waals surface area contributed by atoms with Crippen LogP contribution in [0.3, 0.4) is 0 Å². The van der Waals surface area contributed by atoms with Gasteiger partial charge < -0.3 is 5.32 Å². The van der Waals surface area contributed by atoms with Crippen molar-refractivity contribution < 1.29 is 4.79 Å². The minimum Gasteiger partial charge on any atom is -0.316 e. The van der Waals surface area contributed by atoms with Crippen molar-refractivity contribution in [3.8, 4) is 0 Å². The topological polar surface area (TPSA) is 52.9 Å². The molecule has 1 radical (unpaired) electrons. The molecule has 1 saturated carbocycles. The highest BCUT2D eigenvalue weighted by Crippen LogP contribution is 2.23. The Balaban J connectivity index is 2.51. The van der Waals surface area contributed by atoms with Crippen molar-refractivity contribution in [3.63, 3.8) is 0 Å². The first-order valence-corrected chi connectivity index (χ1v) is 4.18. The summed E-state index contributed by atoms with van der Waals surface area (Å²) < 4.78 is 0. The third-order valence-electron chi connectivity index (χ3n) is 2.47. The number of amides is 1. The minimum absolute atomic E-state index is 0.0475. The molecule has 1 rings (SSSR count). The summed E-state index contributed by atoms with van der Waals surface area (Å²) in [6.07, 6.45) is 4.24. The Morgan fingerprint density at radius 1 is 1.45 bits per heavy atom. The molecule has 0 aromatic heterocycles. The van der Waals surface area contributed by atoms with Crippen LogP contribution in [0.15, 0.2) is 0 Å². The Bertz CT molecular complexity index is 147. The van der Waals surface area contributed by atoms with Crippen LogP contribution in [-0.2, 0) is 4.79 Å². The van der Waals surface area contributed by atoms with Crippen LogP contribution in [-0.4, -0.2) is 19.0 Å². The van der Waals surface area contributed by atoms with Gasteiger partial charge >= 0.3 is 0 Å². The zero-order valence-corrected chi connectivity index (χ0v) is 6.89. The minimum atomic E-state index is -0.399. The van der Waals surface area contributed by atoms with Crippen molar-refractivity contribution in [2.24, 2.45) is 5.92 Å². The van der Waals surface area contributed by atoms with E-state index in [1.807, 2.05) is 7.05 Å². The van der Waals surface area contributed by atoms with Crippen LogP contribution in [0.1, 0.15) is 25.7 Å². The van der Waals surface area contributed by atoms with Gasteiger partial charge in [0.25, 0.3) is 0 Å². The first-order chi connectivity index (χ1) is 5.25. The molecule has 1 aliphatic rings. The van der Waals surface area contributed by atoms with Crippen LogP contribution in [0.4, 0.5) is 0 Å². The molecule has 1 aliphatic carbocycles. The summed E-state index contributed by atoms with van der Waals surface area (Å²) in [6.45, 7) is 0. The summed E-state index contributed by atoms with van der Waals surface area (Å²) >= 11 is 0. The number of hydrogen-bond acceptors (Lipinski definition) is 2. The molecule has 0 bridgehead atoms. The summed E-state index contributed by atoms with van der Waals surface area (Å²) in [6, 6.07) is 0.258. The average Bonchev–Trinajstić information content (AvgIpc) is 2.04. The van der Waals surface area contributed by atoms with Gasteiger partial charge in [0.15, 0.2) is 0 Å². The maximum absolute atomic E-state index is 10.8. The maximum atomic E-state index is 10.8. The Morgan fingerprint density at radius 3 is 2.55 bits per heavy atom. The molecule has 3 nitrogen and oxygen atoms in total. The summed E-state index contributed by atoms with van der Waals surface area (Å²) in [5.41, 5.74) is 7.03. The maximum Gasteiger partial charge on any atom is 0.243 e. The van der Waals surface area contributed by atoms with Gasteiger partial charge in [-0.25, -0.2) is 0 Å². The lowest BCUT2D eigenvalue weighted by atomic mass is 9.84. The number of carbonyl (C=O) groups excluding carboxylic acids is 1. The van der Waals surface area contributed by atoms with Gasteiger partial charge in [-0.1, -0.05) is 12.8 Å². The SMILES string of the molecule is CN[C@H]1CCCC[C@H]1C([NH])=O. The molecule has 3 heteroatoms. The second-order valence-corrected chi connectivity index (χ2v) is 3.15. The summed E-state index contributed by atoms with van der Waals surface area (Å²) in [5.74, 6) is -0.446. The number of nitrogens with one attached hydrogen (secondary N) is 2. The van der Waals surface area contributed by atoms with Crippen LogP contribution < -0.4 is 11.1 Å². The zero-order valence-electron chi connectivity index (χ0n) is 6.89. The van der Waals surface area contributed by atoms with Crippen LogP contribution in [0.2, 0.25) is 0 Å². The predicted molar refractivity (Wildman–Crippen MR) is 42.9 cm³/mol. The molecule has 0 aliphatic heterocycles. The molecular formula is C8H15N2O. The van der Waals surface area contributed by atoms with Gasteiger partial charge in [-0.05, 0) is 19.9 Å². The van der Waals surface area contributed by atoms with E-state index in [0.29, 0.717) is 0 Å². The van der Waals surface area contributed by atoms with Crippen LogP contribution in [0.5, 0.6) is 0 Å². The molecule has 0 saturated heterocycles. The smallest absolute Gasteiger partial charge is 0.243 e. The van der Waals surface area contributed by atoms with Crippen molar-refractivity contribution in [3.05, 3.63) is 0 Å². The quantitative estimate of drug-likeness (QED) is 0.634. The van der Waals surface area contributed by atoms with Crippen molar-refractivity contribution in [2.45, 2.75) is 31.7 Å². The summed E-state index contributed by atoms with van der Waals surface area (Å²) in [4.78, 5) is 10.8. The molecular weight excluding hydrogens is 140 g/mol. The molecule has 0 aromatic carbocycles. The van der Waals surface area contributed by atoms with E-state index >= 15 is 0 Å². The highest BCUT2D eigenvalue weighted by molar-refractivity contribution is 5.76. The molecule has 0 unspecified atom stereocenters. The highest BCUT2D eigenvalue weighted by Gasteiger charge is 2.28. The molecule has 2 N–H and O–H groups in total. The van der Waals surface area contributed by atoms with Gasteiger partial charge in [-0.2, -0.15) is 0 Å². The Hall–Kier alpha value is -0.570. The predicted octanol–water partition coefficient (Wildman–Crippen LogP) is 0.574. The lowest BCUT2D eigenvalue weighted by molar-refractivity contribution is -0.124. The van der Waals surface area contributed by atoms with E-state index in [4.69, 9.17) is 5.73 Å². The van der Waals surface area contributed by atoms with Crippen LogP contribution >= 0.6 is 0 Å². The van der Waals surface area contributed by atoms with E-state index in [1.54, 1.807) is 0 Å². The highest BCUT2D eigenvalue weighted by atomic mass is 16.1. The fourth-order valence-corrected chi connectivity index (χ4v) is 1.79. The van der Waals surface area contributed by atoms with E-state index < -0.39 is 5.91 Å². The standard InChI is InChI=1S/C8H15N2O/c1-10-7-5-3-2-4-6(7)8(9)11/h6-7,9-10H,2-5H2,1H3/t6-,7+/m1/s1. The van der Waals surface area contributed by atoms with E-state index in [0.717, 1.165) is 19.3 Å².